The Morgan fingerprint density at radius 2 is 1.94 bits per heavy atom. The van der Waals surface area contributed by atoms with Crippen LogP contribution in [-0.4, -0.2) is 50.3 Å². The topological polar surface area (TPSA) is 99.1 Å². The summed E-state index contributed by atoms with van der Waals surface area (Å²) in [5.41, 5.74) is -1.52. The Labute approximate surface area is 131 Å². The van der Waals surface area contributed by atoms with Gasteiger partial charge in [0.2, 0.25) is 6.29 Å². The molecule has 0 aromatic carbocycles. The van der Waals surface area contributed by atoms with Crippen molar-refractivity contribution in [3.05, 3.63) is 0 Å². The van der Waals surface area contributed by atoms with Gasteiger partial charge >= 0.3 is 29.6 Å². The van der Waals surface area contributed by atoms with Gasteiger partial charge in [-0.3, -0.25) is 9.35 Å². The van der Waals surface area contributed by atoms with E-state index in [1.807, 2.05) is 0 Å². The third-order valence-corrected chi connectivity index (χ3v) is 2.72. The first-order chi connectivity index (χ1) is 7.79. The predicted octanol–water partition coefficient (Wildman–Crippen LogP) is -2.68. The number of carbonyl (C=O) groups excluding carboxylic acids is 1. The van der Waals surface area contributed by atoms with Crippen LogP contribution in [0.1, 0.15) is 22.2 Å². The Hall–Kier alpha value is 0.460. The van der Waals surface area contributed by atoms with Gasteiger partial charge < -0.3 is 15.6 Å². The Bertz CT molecular complexity index is 335. The van der Waals surface area contributed by atoms with Crippen molar-refractivity contribution < 1.29 is 63.0 Å². The van der Waals surface area contributed by atoms with E-state index in [0.717, 1.165) is 6.92 Å². The van der Waals surface area contributed by atoms with Crippen molar-refractivity contribution in [1.29, 1.82) is 0 Å². The van der Waals surface area contributed by atoms with Gasteiger partial charge in [-0.05, 0) is 20.8 Å². The second-order valence-corrected chi connectivity index (χ2v) is 4.92. The summed E-state index contributed by atoms with van der Waals surface area (Å²) in [5.74, 6) is -0.489. The van der Waals surface area contributed by atoms with Crippen molar-refractivity contribution in [3.8, 4) is 0 Å². The minimum absolute atomic E-state index is 0. The molecule has 1 N–H and O–H groups in total. The molecule has 0 radical (unpaired) electrons. The quantitative estimate of drug-likeness (QED) is 0.214. The van der Waals surface area contributed by atoms with Gasteiger partial charge in [0, 0.05) is 6.61 Å². The molecule has 0 saturated heterocycles. The van der Waals surface area contributed by atoms with Crippen molar-refractivity contribution in [3.63, 3.8) is 0 Å². The monoisotopic (exact) mass is 294 g/mol. The molecule has 2 unspecified atom stereocenters. The molecule has 9 heteroatoms. The smallest absolute Gasteiger partial charge is 1.00 e. The van der Waals surface area contributed by atoms with Crippen LogP contribution in [0, 0.1) is 0 Å². The van der Waals surface area contributed by atoms with Crippen molar-refractivity contribution in [1.82, 2.24) is 0 Å². The number of rotatable bonds is 9. The van der Waals surface area contributed by atoms with Crippen molar-refractivity contribution >= 4 is 15.9 Å². The van der Waals surface area contributed by atoms with E-state index < -0.39 is 27.6 Å². The first-order valence-electron chi connectivity index (χ1n) is 5.10. The van der Waals surface area contributed by atoms with Crippen LogP contribution in [-0.2, 0) is 29.1 Å². The molecule has 7 nitrogen and oxygen atoms in total. The summed E-state index contributed by atoms with van der Waals surface area (Å²) >= 11 is 0. The number of ether oxygens (including phenoxy) is 3. The molecular weight excluding hydrogens is 275 g/mol. The molecule has 0 heterocycles. The predicted molar refractivity (Wildman–Crippen MR) is 60.1 cm³/mol. The molecule has 104 valence electrons. The average molecular weight is 294 g/mol. The number of ketones is 1. The number of carbonyl (C=O) groups is 1. The maximum atomic E-state index is 11.1. The third kappa shape index (κ3) is 9.40. The zero-order valence-corrected chi connectivity index (χ0v) is 13.9. The van der Waals surface area contributed by atoms with Gasteiger partial charge in [0.05, 0.1) is 13.2 Å². The van der Waals surface area contributed by atoms with Crippen LogP contribution in [0.25, 0.3) is 0 Å². The van der Waals surface area contributed by atoms with Gasteiger partial charge in [0.1, 0.15) is 0 Å². The van der Waals surface area contributed by atoms with E-state index in [4.69, 9.17) is 18.8 Å². The molecule has 0 amide bonds. The third-order valence-electron chi connectivity index (χ3n) is 1.77. The number of hydrogen-bond donors (Lipinski definition) is 1. The summed E-state index contributed by atoms with van der Waals surface area (Å²) in [6.07, 6.45) is -1.33. The zero-order valence-electron chi connectivity index (χ0n) is 12.1. The van der Waals surface area contributed by atoms with E-state index in [0.29, 0.717) is 6.61 Å². The molecule has 0 spiro atoms. The summed E-state index contributed by atoms with van der Waals surface area (Å²) < 4.78 is 44.9. The Balaban J connectivity index is -0.00000128. The van der Waals surface area contributed by atoms with Crippen LogP contribution < -0.4 is 29.6 Å². The summed E-state index contributed by atoms with van der Waals surface area (Å²) in [6, 6.07) is 0. The van der Waals surface area contributed by atoms with Crippen LogP contribution in [0.3, 0.4) is 0 Å². The molecule has 0 aromatic rings. The summed E-state index contributed by atoms with van der Waals surface area (Å²) in [5, 5.41) is 0. The molecule has 0 aromatic heterocycles. The first-order valence-corrected chi connectivity index (χ1v) is 6.61. The fraction of sp³-hybridized carbons (Fsp3) is 0.889. The van der Waals surface area contributed by atoms with E-state index in [9.17, 15) is 13.2 Å². The fourth-order valence-corrected chi connectivity index (χ4v) is 1.10. The van der Waals surface area contributed by atoms with Crippen LogP contribution in [0.5, 0.6) is 0 Å². The molecule has 2 atom stereocenters. The summed E-state index contributed by atoms with van der Waals surface area (Å²) in [7, 11) is -4.35. The van der Waals surface area contributed by atoms with Crippen molar-refractivity contribution in [2.24, 2.45) is 0 Å². The Morgan fingerprint density at radius 3 is 2.33 bits per heavy atom. The Kier molecular flexibility index (Phi) is 11.9. The van der Waals surface area contributed by atoms with E-state index >= 15 is 0 Å². The van der Waals surface area contributed by atoms with Crippen LogP contribution >= 0.6 is 0 Å². The van der Waals surface area contributed by atoms with Crippen molar-refractivity contribution in [2.45, 2.75) is 32.5 Å². The van der Waals surface area contributed by atoms with E-state index in [1.54, 1.807) is 6.92 Å². The van der Waals surface area contributed by atoms with E-state index in [-0.39, 0.29) is 44.2 Å². The maximum Gasteiger partial charge on any atom is 1.00 e. The average Bonchev–Trinajstić information content (AvgIpc) is 2.20. The first kappa shape index (κ1) is 20.8. The van der Waals surface area contributed by atoms with Gasteiger partial charge in [0.15, 0.2) is 11.2 Å². The number of hydrogen-bond acceptors (Lipinski definition) is 6. The summed E-state index contributed by atoms with van der Waals surface area (Å²) in [6.45, 7) is 4.98. The minimum Gasteiger partial charge on any atom is -1.00 e. The van der Waals surface area contributed by atoms with E-state index in [1.165, 1.54) is 6.92 Å². The standard InChI is InChI=1S/C9H18O7S.Na.H/c1-4-14-5-6-15-9(7(2)10)16-8(3)17(11,12)13;;/h8-9H,4-6H2,1-3H3,(H,11,12,13);;/q;+1;-1. The second-order valence-electron chi connectivity index (χ2n) is 3.23. The van der Waals surface area contributed by atoms with E-state index in [2.05, 4.69) is 0 Å². The van der Waals surface area contributed by atoms with Gasteiger partial charge in [-0.1, -0.05) is 0 Å². The molecule has 0 aliphatic heterocycles. The Morgan fingerprint density at radius 1 is 1.39 bits per heavy atom. The number of Topliss-reactive ketones (excluding diaryl/α,β-unsaturated/α-hetero) is 1. The molecule has 0 fully saturated rings. The van der Waals surface area contributed by atoms with Crippen LogP contribution in [0.15, 0.2) is 0 Å². The van der Waals surface area contributed by atoms with Gasteiger partial charge in [-0.15, -0.1) is 0 Å². The van der Waals surface area contributed by atoms with Gasteiger partial charge in [0.25, 0.3) is 10.1 Å². The molecule has 18 heavy (non-hydrogen) atoms. The molecule has 0 aliphatic carbocycles. The van der Waals surface area contributed by atoms with Crippen LogP contribution in [0.4, 0.5) is 0 Å². The maximum absolute atomic E-state index is 11.1. The minimum atomic E-state index is -4.35. The van der Waals surface area contributed by atoms with Gasteiger partial charge in [-0.25, -0.2) is 0 Å². The second kappa shape index (κ2) is 10.3. The normalized spacial score (nSPS) is 14.7. The molecule has 0 saturated carbocycles. The van der Waals surface area contributed by atoms with Gasteiger partial charge in [-0.2, -0.15) is 8.42 Å². The zero-order chi connectivity index (χ0) is 13.5. The molecule has 0 bridgehead atoms. The van der Waals surface area contributed by atoms with Crippen molar-refractivity contribution in [2.75, 3.05) is 19.8 Å². The SMILES string of the molecule is CCOCCOC(OC(C)S(=O)(=O)O)C(C)=O.[H-].[Na+]. The fourth-order valence-electron chi connectivity index (χ4n) is 0.855. The molecule has 0 aliphatic rings. The largest absolute Gasteiger partial charge is 1.00 e. The summed E-state index contributed by atoms with van der Waals surface area (Å²) in [4.78, 5) is 11.1. The molecular formula is C9H19NaO7S. The molecule has 0 rings (SSSR count). The van der Waals surface area contributed by atoms with Crippen LogP contribution in [0.2, 0.25) is 0 Å².